The molecule has 1 aromatic carbocycles. The summed E-state index contributed by atoms with van der Waals surface area (Å²) in [6.45, 7) is 13.1. The molecular weight excluding hydrogens is 482 g/mol. The Bertz CT molecular complexity index is 910. The van der Waals surface area contributed by atoms with Gasteiger partial charge >= 0.3 is 12.1 Å². The number of nitrogens with one attached hydrogen (secondary N) is 2. The summed E-state index contributed by atoms with van der Waals surface area (Å²) in [6.07, 6.45) is 3.19. The lowest BCUT2D eigenvalue weighted by Gasteiger charge is -2.36. The van der Waals surface area contributed by atoms with Crippen LogP contribution in [0.25, 0.3) is 0 Å². The number of benzene rings is 1. The van der Waals surface area contributed by atoms with E-state index in [9.17, 15) is 9.59 Å². The van der Waals surface area contributed by atoms with Crippen LogP contribution < -0.4 is 10.6 Å². The first-order chi connectivity index (χ1) is 18.1. The highest BCUT2D eigenvalue weighted by molar-refractivity contribution is 5.74. The van der Waals surface area contributed by atoms with Gasteiger partial charge in [-0.25, -0.2) is 9.59 Å². The number of urea groups is 1. The minimum absolute atomic E-state index is 0.00702. The van der Waals surface area contributed by atoms with Crippen LogP contribution in [0.3, 0.4) is 0 Å². The Morgan fingerprint density at radius 3 is 2.53 bits per heavy atom. The van der Waals surface area contributed by atoms with Gasteiger partial charge in [-0.05, 0) is 49.0 Å². The zero-order valence-electron chi connectivity index (χ0n) is 23.8. The second-order valence-corrected chi connectivity index (χ2v) is 12.9. The Kier molecular flexibility index (Phi) is 9.58. The van der Waals surface area contributed by atoms with Gasteiger partial charge in [0.1, 0.15) is 6.10 Å². The van der Waals surface area contributed by atoms with Crippen LogP contribution in [0.15, 0.2) is 30.3 Å². The van der Waals surface area contributed by atoms with E-state index in [1.54, 1.807) is 0 Å². The van der Waals surface area contributed by atoms with Crippen LogP contribution in [0, 0.1) is 23.2 Å². The van der Waals surface area contributed by atoms with E-state index in [0.717, 1.165) is 24.8 Å². The molecule has 6 atom stereocenters. The molecule has 3 aliphatic rings. The summed E-state index contributed by atoms with van der Waals surface area (Å²) in [5.41, 5.74) is 1.14. The number of hydrogen-bond donors (Lipinski definition) is 2. The highest BCUT2D eigenvalue weighted by atomic mass is 16.7. The van der Waals surface area contributed by atoms with Crippen molar-refractivity contribution >= 4 is 12.1 Å². The molecule has 0 spiro atoms. The standard InChI is InChI=1S/C30H47N3O5/c1-20(2)11-13-33(28(34)31-19-30(3,4)5)14-12-24(15-21-9-7-6-8-10-21)32-29(35)38-26-23-16-22-17-25(26)37-27(22)36-18-23/h6-10,20,22-27H,11-19H2,1-5H3,(H,31,34)(H,32,35)/t22?,23?,24-,25?,26?,27?/m1/s1. The number of ether oxygens (including phenoxy) is 3. The topological polar surface area (TPSA) is 89.1 Å². The van der Waals surface area contributed by atoms with Crippen molar-refractivity contribution in [2.75, 3.05) is 26.2 Å². The molecule has 3 amide bonds. The smallest absolute Gasteiger partial charge is 0.407 e. The molecule has 1 aromatic rings. The lowest BCUT2D eigenvalue weighted by Crippen LogP contribution is -2.48. The molecule has 0 aromatic heterocycles. The molecule has 212 valence electrons. The van der Waals surface area contributed by atoms with E-state index >= 15 is 0 Å². The van der Waals surface area contributed by atoms with Gasteiger partial charge in [0.25, 0.3) is 0 Å². The van der Waals surface area contributed by atoms with Gasteiger partial charge in [0.2, 0.25) is 0 Å². The molecule has 2 saturated heterocycles. The second-order valence-electron chi connectivity index (χ2n) is 12.9. The average molecular weight is 530 g/mol. The van der Waals surface area contributed by atoms with Gasteiger partial charge in [0.15, 0.2) is 6.29 Å². The maximum Gasteiger partial charge on any atom is 0.407 e. The predicted octanol–water partition coefficient (Wildman–Crippen LogP) is 4.97. The van der Waals surface area contributed by atoms with Gasteiger partial charge in [-0.3, -0.25) is 0 Å². The quantitative estimate of drug-likeness (QED) is 0.423. The van der Waals surface area contributed by atoms with E-state index in [1.165, 1.54) is 0 Å². The van der Waals surface area contributed by atoms with Crippen LogP contribution in [0.4, 0.5) is 9.59 Å². The number of carbonyl (C=O) groups is 2. The number of rotatable bonds is 11. The fourth-order valence-electron chi connectivity index (χ4n) is 5.66. The number of nitrogens with zero attached hydrogens (tertiary/aromatic N) is 1. The molecule has 5 unspecified atom stereocenters. The number of carbonyl (C=O) groups excluding carboxylic acids is 2. The van der Waals surface area contributed by atoms with Crippen molar-refractivity contribution < 1.29 is 23.8 Å². The number of hydrogen-bond acceptors (Lipinski definition) is 5. The molecular formula is C30H47N3O5. The number of fused-ring (bicyclic) bond motifs is 2. The monoisotopic (exact) mass is 529 g/mol. The van der Waals surface area contributed by atoms with E-state index in [1.807, 2.05) is 23.1 Å². The van der Waals surface area contributed by atoms with Crippen LogP contribution in [0.2, 0.25) is 0 Å². The van der Waals surface area contributed by atoms with Crippen LogP contribution in [0.5, 0.6) is 0 Å². The minimum Gasteiger partial charge on any atom is -0.443 e. The Balaban J connectivity index is 1.38. The third-order valence-electron chi connectivity index (χ3n) is 7.81. The summed E-state index contributed by atoms with van der Waals surface area (Å²) in [4.78, 5) is 28.1. The first-order valence-electron chi connectivity index (χ1n) is 14.4. The van der Waals surface area contributed by atoms with Crippen molar-refractivity contribution in [2.45, 2.75) is 91.3 Å². The van der Waals surface area contributed by atoms with Gasteiger partial charge in [0, 0.05) is 37.5 Å². The molecule has 3 bridgehead atoms. The molecule has 1 aliphatic carbocycles. The normalized spacial score (nSPS) is 26.7. The number of alkyl carbamates (subject to hydrolysis) is 1. The SMILES string of the molecule is CC(C)CCN(CC[C@H](Cc1ccccc1)NC(=O)OC1C2COC3OC1CC3C2)C(=O)NCC(C)(C)C. The Morgan fingerprint density at radius 1 is 1.08 bits per heavy atom. The maximum atomic E-state index is 13.1. The Labute approximate surface area is 228 Å². The first-order valence-corrected chi connectivity index (χ1v) is 14.4. The zero-order valence-corrected chi connectivity index (χ0v) is 23.8. The number of amides is 3. The van der Waals surface area contributed by atoms with Crippen molar-refractivity contribution in [1.29, 1.82) is 0 Å². The van der Waals surface area contributed by atoms with Gasteiger partial charge in [-0.2, -0.15) is 0 Å². The average Bonchev–Trinajstić information content (AvgIpc) is 3.16. The lowest BCUT2D eigenvalue weighted by atomic mass is 9.78. The van der Waals surface area contributed by atoms with Crippen molar-refractivity contribution in [3.05, 3.63) is 35.9 Å². The van der Waals surface area contributed by atoms with Crippen LogP contribution >= 0.6 is 0 Å². The molecule has 2 heterocycles. The van der Waals surface area contributed by atoms with Gasteiger partial charge in [0.05, 0.1) is 12.7 Å². The summed E-state index contributed by atoms with van der Waals surface area (Å²) in [6, 6.07) is 9.91. The minimum atomic E-state index is -0.417. The van der Waals surface area contributed by atoms with E-state index in [4.69, 9.17) is 14.2 Å². The summed E-state index contributed by atoms with van der Waals surface area (Å²) >= 11 is 0. The summed E-state index contributed by atoms with van der Waals surface area (Å²) < 4.78 is 17.8. The highest BCUT2D eigenvalue weighted by Gasteiger charge is 2.53. The van der Waals surface area contributed by atoms with E-state index < -0.39 is 6.09 Å². The fraction of sp³-hybridized carbons (Fsp3) is 0.733. The third kappa shape index (κ3) is 8.09. The van der Waals surface area contributed by atoms with Gasteiger partial charge in [-0.15, -0.1) is 0 Å². The highest BCUT2D eigenvalue weighted by Crippen LogP contribution is 2.46. The van der Waals surface area contributed by atoms with E-state index in [-0.39, 0.29) is 41.9 Å². The summed E-state index contributed by atoms with van der Waals surface area (Å²) in [5, 5.41) is 6.22. The molecule has 0 radical (unpaired) electrons. The molecule has 2 N–H and O–H groups in total. The molecule has 8 heteroatoms. The van der Waals surface area contributed by atoms with Crippen molar-refractivity contribution in [1.82, 2.24) is 15.5 Å². The van der Waals surface area contributed by atoms with E-state index in [0.29, 0.717) is 50.9 Å². The predicted molar refractivity (Wildman–Crippen MR) is 147 cm³/mol. The van der Waals surface area contributed by atoms with Gasteiger partial charge < -0.3 is 29.7 Å². The van der Waals surface area contributed by atoms with E-state index in [2.05, 4.69) is 57.4 Å². The zero-order chi connectivity index (χ0) is 27.3. The van der Waals surface area contributed by atoms with Gasteiger partial charge in [-0.1, -0.05) is 65.0 Å². The molecule has 3 fully saturated rings. The molecule has 8 nitrogen and oxygen atoms in total. The Morgan fingerprint density at radius 2 is 1.82 bits per heavy atom. The second kappa shape index (κ2) is 12.7. The summed E-state index contributed by atoms with van der Waals surface area (Å²) in [7, 11) is 0. The van der Waals surface area contributed by atoms with Crippen molar-refractivity contribution in [3.63, 3.8) is 0 Å². The first kappa shape index (κ1) is 28.7. The maximum absolute atomic E-state index is 13.1. The van der Waals surface area contributed by atoms with Crippen molar-refractivity contribution in [2.24, 2.45) is 23.2 Å². The fourth-order valence-corrected chi connectivity index (χ4v) is 5.66. The Hall–Kier alpha value is -2.32. The third-order valence-corrected chi connectivity index (χ3v) is 7.81. The molecule has 38 heavy (non-hydrogen) atoms. The van der Waals surface area contributed by atoms with Crippen LogP contribution in [-0.4, -0.2) is 67.8 Å². The van der Waals surface area contributed by atoms with Crippen LogP contribution in [-0.2, 0) is 20.6 Å². The van der Waals surface area contributed by atoms with Crippen LogP contribution in [0.1, 0.15) is 65.9 Å². The lowest BCUT2D eigenvalue weighted by molar-refractivity contribution is -0.153. The largest absolute Gasteiger partial charge is 0.443 e. The molecule has 2 aliphatic heterocycles. The molecule has 1 saturated carbocycles. The molecule has 4 rings (SSSR count). The summed E-state index contributed by atoms with van der Waals surface area (Å²) in [5.74, 6) is 1.11. The van der Waals surface area contributed by atoms with Crippen molar-refractivity contribution in [3.8, 4) is 0 Å².